The van der Waals surface area contributed by atoms with E-state index in [-0.39, 0.29) is 43.8 Å². The van der Waals surface area contributed by atoms with Crippen LogP contribution in [0.2, 0.25) is 5.02 Å². The summed E-state index contributed by atoms with van der Waals surface area (Å²) < 4.78 is 37.5. The largest absolute Gasteiger partial charge is 0.447 e. The zero-order valence-corrected chi connectivity index (χ0v) is 17.7. The van der Waals surface area contributed by atoms with E-state index in [1.807, 2.05) is 0 Å². The Morgan fingerprint density at radius 2 is 2.03 bits per heavy atom. The van der Waals surface area contributed by atoms with Gasteiger partial charge in [0.25, 0.3) is 0 Å². The number of aliphatic hydroxyl groups is 1. The number of ether oxygens (including phenoxy) is 2. The normalized spacial score (nSPS) is 12.0. The van der Waals surface area contributed by atoms with E-state index < -0.39 is 23.8 Å². The van der Waals surface area contributed by atoms with E-state index in [0.717, 1.165) is 5.39 Å². The van der Waals surface area contributed by atoms with Crippen molar-refractivity contribution in [2.24, 2.45) is 0 Å². The number of aliphatic hydroxyl groups excluding tert-OH is 1. The Morgan fingerprint density at radius 3 is 2.84 bits per heavy atom. The molecule has 0 bridgehead atoms. The molecule has 1 atom stereocenters. The van der Waals surface area contributed by atoms with Gasteiger partial charge >= 0.3 is 6.09 Å². The Bertz CT molecular complexity index is 1070. The number of rotatable bonds is 10. The van der Waals surface area contributed by atoms with Gasteiger partial charge in [0, 0.05) is 18.1 Å². The topological polar surface area (TPSA) is 94.8 Å². The van der Waals surface area contributed by atoms with Gasteiger partial charge in [-0.25, -0.2) is 23.9 Å². The number of pyridine rings is 1. The van der Waals surface area contributed by atoms with Crippen LogP contribution in [0.5, 0.6) is 0 Å². The third-order valence-corrected chi connectivity index (χ3v) is 4.84. The summed E-state index contributed by atoms with van der Waals surface area (Å²) in [6.07, 6.45) is 0.730. The molecule has 32 heavy (non-hydrogen) atoms. The summed E-state index contributed by atoms with van der Waals surface area (Å²) in [5, 5.41) is 17.0. The average molecular weight is 465 g/mol. The molecule has 0 fully saturated rings. The summed E-state index contributed by atoms with van der Waals surface area (Å²) in [7, 11) is 0. The van der Waals surface area contributed by atoms with Gasteiger partial charge in [0.1, 0.15) is 24.1 Å². The second-order valence-corrected chi connectivity index (χ2v) is 7.17. The summed E-state index contributed by atoms with van der Waals surface area (Å²) >= 11 is 5.95. The molecule has 3 aromatic rings. The first-order chi connectivity index (χ1) is 15.5. The van der Waals surface area contributed by atoms with E-state index in [2.05, 4.69) is 15.6 Å². The Balaban J connectivity index is 1.56. The second kappa shape index (κ2) is 11.7. The van der Waals surface area contributed by atoms with Crippen molar-refractivity contribution in [1.82, 2.24) is 10.3 Å². The average Bonchev–Trinajstić information content (AvgIpc) is 2.77. The molecule has 10 heteroatoms. The van der Waals surface area contributed by atoms with Crippen LogP contribution in [0.15, 0.2) is 48.7 Å². The first-order valence-electron chi connectivity index (χ1n) is 9.73. The zero-order chi connectivity index (χ0) is 22.9. The number of halogens is 3. The van der Waals surface area contributed by atoms with Crippen LogP contribution in [0.4, 0.5) is 19.4 Å². The summed E-state index contributed by atoms with van der Waals surface area (Å²) in [6, 6.07) is 9.60. The first-order valence-corrected chi connectivity index (χ1v) is 10.1. The third kappa shape index (κ3) is 6.83. The molecule has 1 heterocycles. The summed E-state index contributed by atoms with van der Waals surface area (Å²) in [5.41, 5.74) is 0.482. The number of anilines is 1. The number of nitrogens with one attached hydrogen (secondary N) is 1. The zero-order valence-electron chi connectivity index (χ0n) is 16.9. The molecule has 3 rings (SSSR count). The van der Waals surface area contributed by atoms with Gasteiger partial charge in [-0.15, -0.1) is 0 Å². The number of benzene rings is 2. The monoisotopic (exact) mass is 464 g/mol. The SMILES string of the molecule is O=C(Nc1cc2cc(F)ccc2cn1)OC[C@H](COCCO)[N]Cc1cccc(F)c1Cl. The van der Waals surface area contributed by atoms with E-state index in [1.165, 1.54) is 36.5 Å². The number of hydrogen-bond acceptors (Lipinski definition) is 5. The van der Waals surface area contributed by atoms with Crippen LogP contribution < -0.4 is 10.6 Å². The molecule has 0 aliphatic rings. The summed E-state index contributed by atoms with van der Waals surface area (Å²) in [4.78, 5) is 16.3. The molecule has 0 saturated heterocycles. The minimum Gasteiger partial charge on any atom is -0.447 e. The van der Waals surface area contributed by atoms with Crippen LogP contribution in [0.1, 0.15) is 5.56 Å². The third-order valence-electron chi connectivity index (χ3n) is 4.42. The highest BCUT2D eigenvalue weighted by Crippen LogP contribution is 2.20. The summed E-state index contributed by atoms with van der Waals surface area (Å²) in [6.45, 7) is -0.0400. The van der Waals surface area contributed by atoms with Gasteiger partial charge in [-0.05, 0) is 41.3 Å². The van der Waals surface area contributed by atoms with Gasteiger partial charge in [-0.1, -0.05) is 23.7 Å². The fourth-order valence-corrected chi connectivity index (χ4v) is 3.01. The van der Waals surface area contributed by atoms with Gasteiger partial charge in [-0.3, -0.25) is 5.32 Å². The number of nitrogens with zero attached hydrogens (tertiary/aromatic N) is 2. The van der Waals surface area contributed by atoms with Crippen molar-refractivity contribution in [3.05, 3.63) is 70.9 Å². The molecular weight excluding hydrogens is 444 g/mol. The van der Waals surface area contributed by atoms with E-state index in [9.17, 15) is 13.6 Å². The lowest BCUT2D eigenvalue weighted by molar-refractivity contribution is 0.0566. The number of carbonyl (C=O) groups is 1. The van der Waals surface area contributed by atoms with Crippen LogP contribution >= 0.6 is 11.6 Å². The quantitative estimate of drug-likeness (QED) is 0.444. The minimum atomic E-state index is -0.778. The highest BCUT2D eigenvalue weighted by atomic mass is 35.5. The Hall–Kier alpha value is -2.85. The van der Waals surface area contributed by atoms with Gasteiger partial charge in [0.05, 0.1) is 30.9 Å². The number of hydrogen-bond donors (Lipinski definition) is 2. The molecule has 1 amide bonds. The van der Waals surface area contributed by atoms with Crippen LogP contribution in [-0.4, -0.2) is 48.7 Å². The predicted molar refractivity (Wildman–Crippen MR) is 116 cm³/mol. The maximum atomic E-state index is 13.6. The van der Waals surface area contributed by atoms with Crippen molar-refractivity contribution in [2.75, 3.05) is 31.7 Å². The van der Waals surface area contributed by atoms with Gasteiger partial charge in [0.2, 0.25) is 0 Å². The molecule has 0 aliphatic heterocycles. The van der Waals surface area contributed by atoms with E-state index >= 15 is 0 Å². The van der Waals surface area contributed by atoms with Crippen LogP contribution in [-0.2, 0) is 16.0 Å². The number of aromatic nitrogens is 1. The standard InChI is InChI=1S/C22H21ClF2N3O4/c23-21-15(2-1-3-19(21)25)11-26-18(12-31-7-6-29)13-32-22(30)28-20-9-16-8-17(24)5-4-14(16)10-27-20/h1-5,8-10,18,29H,6-7,11-13H2,(H,27,28,30)/t18-/m0/s1. The molecule has 0 saturated carbocycles. The Kier molecular flexibility index (Phi) is 8.69. The van der Waals surface area contributed by atoms with E-state index in [4.69, 9.17) is 26.2 Å². The van der Waals surface area contributed by atoms with Crippen molar-refractivity contribution in [1.29, 1.82) is 0 Å². The second-order valence-electron chi connectivity index (χ2n) is 6.79. The van der Waals surface area contributed by atoms with Crippen molar-refractivity contribution in [3.8, 4) is 0 Å². The molecule has 1 aromatic heterocycles. The molecular formula is C22H21ClF2N3O4. The van der Waals surface area contributed by atoms with Gasteiger partial charge < -0.3 is 14.6 Å². The fourth-order valence-electron chi connectivity index (χ4n) is 2.83. The molecule has 1 radical (unpaired) electrons. The van der Waals surface area contributed by atoms with Crippen LogP contribution in [0.3, 0.4) is 0 Å². The van der Waals surface area contributed by atoms with Crippen LogP contribution in [0.25, 0.3) is 10.8 Å². The molecule has 7 nitrogen and oxygen atoms in total. The number of amides is 1. The van der Waals surface area contributed by atoms with E-state index in [1.54, 1.807) is 12.1 Å². The molecule has 2 N–H and O–H groups in total. The lowest BCUT2D eigenvalue weighted by Gasteiger charge is -2.18. The molecule has 0 aliphatic carbocycles. The number of carbonyl (C=O) groups excluding carboxylic acids is 1. The number of fused-ring (bicyclic) bond motifs is 1. The maximum absolute atomic E-state index is 13.6. The lowest BCUT2D eigenvalue weighted by atomic mass is 10.2. The van der Waals surface area contributed by atoms with Gasteiger partial charge in [0.15, 0.2) is 0 Å². The molecule has 0 unspecified atom stereocenters. The predicted octanol–water partition coefficient (Wildman–Crippen LogP) is 3.90. The molecule has 169 valence electrons. The summed E-state index contributed by atoms with van der Waals surface area (Å²) in [5.74, 6) is -0.751. The van der Waals surface area contributed by atoms with Crippen molar-refractivity contribution < 1.29 is 28.2 Å². The van der Waals surface area contributed by atoms with Gasteiger partial charge in [-0.2, -0.15) is 0 Å². The lowest BCUT2D eigenvalue weighted by Crippen LogP contribution is -2.34. The smallest absolute Gasteiger partial charge is 0.412 e. The fraction of sp³-hybridized carbons (Fsp3) is 0.273. The van der Waals surface area contributed by atoms with E-state index in [0.29, 0.717) is 10.9 Å². The molecule has 2 aromatic carbocycles. The minimum absolute atomic E-state index is 0.0243. The van der Waals surface area contributed by atoms with Crippen LogP contribution in [0, 0.1) is 11.6 Å². The van der Waals surface area contributed by atoms with Crippen molar-refractivity contribution >= 4 is 34.3 Å². The highest BCUT2D eigenvalue weighted by Gasteiger charge is 2.16. The highest BCUT2D eigenvalue weighted by molar-refractivity contribution is 6.31. The molecule has 0 spiro atoms. The maximum Gasteiger partial charge on any atom is 0.412 e. The van der Waals surface area contributed by atoms with Crippen molar-refractivity contribution in [3.63, 3.8) is 0 Å². The Morgan fingerprint density at radius 1 is 1.19 bits per heavy atom. The first kappa shape index (κ1) is 23.8. The Labute approximate surface area is 188 Å². The van der Waals surface area contributed by atoms with Crippen molar-refractivity contribution in [2.45, 2.75) is 12.6 Å².